The number of hydrogen-bond donors (Lipinski definition) is 6. The van der Waals surface area contributed by atoms with E-state index >= 15 is 0 Å². The average Bonchev–Trinajstić information content (AvgIpc) is 2.43. The summed E-state index contributed by atoms with van der Waals surface area (Å²) in [7, 11) is 0. The predicted molar refractivity (Wildman–Crippen MR) is 69.2 cm³/mol. The molecule has 1 rings (SSSR count). The van der Waals surface area contributed by atoms with E-state index in [1.165, 1.54) is 0 Å². The van der Waals surface area contributed by atoms with E-state index in [-0.39, 0.29) is 0 Å². The Hall–Kier alpha value is -1.40. The van der Waals surface area contributed by atoms with Crippen molar-refractivity contribution in [3.05, 3.63) is 0 Å². The molecule has 1 heterocycles. The Balaban J connectivity index is 3.08. The van der Waals surface area contributed by atoms with Gasteiger partial charge in [-0.2, -0.15) is 0 Å². The van der Waals surface area contributed by atoms with Gasteiger partial charge in [-0.25, -0.2) is 13.6 Å². The third-order valence-electron chi connectivity index (χ3n) is 3.58. The molecule has 11 heteroatoms. The van der Waals surface area contributed by atoms with E-state index in [1.807, 2.05) is 0 Å². The summed E-state index contributed by atoms with van der Waals surface area (Å²) in [4.78, 5) is 21.9. The number of ether oxygens (including phenoxy) is 1. The molecule has 0 aromatic rings. The molecule has 23 heavy (non-hydrogen) atoms. The highest BCUT2D eigenvalue weighted by Gasteiger charge is 2.56. The molecule has 0 aromatic heterocycles. The van der Waals surface area contributed by atoms with E-state index in [0.717, 1.165) is 6.92 Å². The molecule has 6 atom stereocenters. The highest BCUT2D eigenvalue weighted by atomic mass is 19.3. The molecule has 1 aliphatic rings. The Labute approximate surface area is 130 Å². The number of amides is 1. The van der Waals surface area contributed by atoms with E-state index in [4.69, 9.17) is 14.9 Å². The van der Waals surface area contributed by atoms with Crippen molar-refractivity contribution in [1.29, 1.82) is 0 Å². The van der Waals surface area contributed by atoms with E-state index < -0.39 is 67.3 Å². The van der Waals surface area contributed by atoms with Gasteiger partial charge in [0.1, 0.15) is 24.4 Å². The summed E-state index contributed by atoms with van der Waals surface area (Å²) in [6.07, 6.45) is -8.36. The fraction of sp³-hybridized carbons (Fsp3) is 0.833. The van der Waals surface area contributed by atoms with Crippen molar-refractivity contribution >= 4 is 11.9 Å². The van der Waals surface area contributed by atoms with Gasteiger partial charge in [-0.15, -0.1) is 0 Å². The lowest BCUT2D eigenvalue weighted by molar-refractivity contribution is -0.419. The van der Waals surface area contributed by atoms with Crippen molar-refractivity contribution in [2.24, 2.45) is 0 Å². The second-order valence-corrected chi connectivity index (χ2v) is 5.49. The van der Waals surface area contributed by atoms with Crippen molar-refractivity contribution in [1.82, 2.24) is 5.32 Å². The number of rotatable bonds is 6. The maximum atomic E-state index is 14.4. The fourth-order valence-electron chi connectivity index (χ4n) is 2.41. The lowest BCUT2D eigenvalue weighted by atomic mass is 9.87. The zero-order valence-corrected chi connectivity index (χ0v) is 12.4. The molecule has 1 saturated heterocycles. The molecule has 0 radical (unpaired) electrons. The van der Waals surface area contributed by atoms with Gasteiger partial charge in [0.05, 0.1) is 19.1 Å². The summed E-state index contributed by atoms with van der Waals surface area (Å²) in [5, 5.41) is 39.5. The minimum Gasteiger partial charge on any atom is -0.477 e. The molecule has 0 saturated carbocycles. The zero-order valence-electron chi connectivity index (χ0n) is 12.4. The van der Waals surface area contributed by atoms with Crippen LogP contribution < -0.4 is 11.1 Å². The molecule has 0 unspecified atom stereocenters. The van der Waals surface area contributed by atoms with Gasteiger partial charge in [0.15, 0.2) is 6.04 Å². The molecule has 0 aliphatic carbocycles. The van der Waals surface area contributed by atoms with E-state index in [1.54, 1.807) is 0 Å². The normalized spacial score (nSPS) is 33.1. The Kier molecular flexibility index (Phi) is 6.36. The van der Waals surface area contributed by atoms with Crippen molar-refractivity contribution in [2.75, 3.05) is 6.61 Å². The van der Waals surface area contributed by atoms with E-state index in [9.17, 15) is 28.6 Å². The highest BCUT2D eigenvalue weighted by molar-refractivity contribution is 5.73. The van der Waals surface area contributed by atoms with Crippen LogP contribution in [0.25, 0.3) is 0 Å². The van der Waals surface area contributed by atoms with Crippen molar-refractivity contribution in [3.8, 4) is 0 Å². The van der Waals surface area contributed by atoms with Gasteiger partial charge >= 0.3 is 5.97 Å². The molecule has 0 aromatic carbocycles. The minimum atomic E-state index is -3.79. The molecule has 0 bridgehead atoms. The van der Waals surface area contributed by atoms with Crippen molar-refractivity contribution < 1.29 is 49.3 Å². The first-order valence-corrected chi connectivity index (χ1v) is 6.84. The van der Waals surface area contributed by atoms with Gasteiger partial charge < -0.3 is 36.2 Å². The van der Waals surface area contributed by atoms with Crippen LogP contribution in [-0.2, 0) is 14.3 Å². The maximum absolute atomic E-state index is 14.4. The molecule has 134 valence electrons. The van der Waals surface area contributed by atoms with Crippen LogP contribution in [0.5, 0.6) is 0 Å². The number of nitrogens with one attached hydrogen (secondary N) is 1. The van der Waals surface area contributed by atoms with E-state index in [2.05, 4.69) is 11.1 Å². The molecule has 9 nitrogen and oxygen atoms in total. The number of halogens is 2. The van der Waals surface area contributed by atoms with Crippen LogP contribution in [0.1, 0.15) is 13.3 Å². The monoisotopic (exact) mass is 343 g/mol. The summed E-state index contributed by atoms with van der Waals surface area (Å²) in [6, 6.07) is -3.33. The molecule has 8 N–H and O–H groups in total. The van der Waals surface area contributed by atoms with Gasteiger partial charge in [-0.3, -0.25) is 4.79 Å². The van der Waals surface area contributed by atoms with Gasteiger partial charge in [0, 0.05) is 6.92 Å². The number of alkyl halides is 2. The number of carbonyl (C=O) groups excluding carboxylic acids is 1. The second kappa shape index (κ2) is 7.45. The molecular weight excluding hydrogens is 322 g/mol. The molecular formula is C12H21F2N2O7+. The summed E-state index contributed by atoms with van der Waals surface area (Å²) in [5.74, 6) is -6.08. The Morgan fingerprint density at radius 2 is 1.91 bits per heavy atom. The van der Waals surface area contributed by atoms with Crippen LogP contribution in [0.3, 0.4) is 0 Å². The standard InChI is InChI=1S/C12H20F2N2O7/c1-4(18)16-7-9(20)8(19)6(3-17)23-10(7)12(13,14)2-5(15)11(21)22/h5-10,17,19-20H,2-3,15H2,1H3,(H,16,18)(H,21,22)/p+1/t5-,6+,7+,8-,9+,10-/m0/s1. The topological polar surface area (TPSA) is 164 Å². The van der Waals surface area contributed by atoms with Gasteiger partial charge in [0.25, 0.3) is 5.92 Å². The largest absolute Gasteiger partial charge is 0.477 e. The second-order valence-electron chi connectivity index (χ2n) is 5.49. The van der Waals surface area contributed by atoms with Crippen LogP contribution >= 0.6 is 0 Å². The van der Waals surface area contributed by atoms with Crippen molar-refractivity contribution in [3.63, 3.8) is 0 Å². The fourth-order valence-corrected chi connectivity index (χ4v) is 2.41. The number of carbonyl (C=O) groups is 2. The number of carboxylic acids is 1. The van der Waals surface area contributed by atoms with E-state index in [0.29, 0.717) is 0 Å². The average molecular weight is 343 g/mol. The number of carboxylic acid groups (broad SMARTS) is 1. The first-order chi connectivity index (χ1) is 10.5. The van der Waals surface area contributed by atoms with Crippen LogP contribution in [0.15, 0.2) is 0 Å². The minimum absolute atomic E-state index is 0.752. The van der Waals surface area contributed by atoms with Crippen LogP contribution in [0.4, 0.5) is 8.78 Å². The third kappa shape index (κ3) is 4.54. The molecule has 1 amide bonds. The van der Waals surface area contributed by atoms with Gasteiger partial charge in [-0.05, 0) is 0 Å². The number of aliphatic carboxylic acids is 1. The molecule has 1 fully saturated rings. The first kappa shape index (κ1) is 19.6. The smallest absolute Gasteiger partial charge is 0.362 e. The highest BCUT2D eigenvalue weighted by Crippen LogP contribution is 2.34. The van der Waals surface area contributed by atoms with Crippen molar-refractivity contribution in [2.45, 2.75) is 55.8 Å². The summed E-state index contributed by atoms with van der Waals surface area (Å²) in [6.45, 7) is 0.179. The number of hydrogen-bond acceptors (Lipinski definition) is 6. The third-order valence-corrected chi connectivity index (χ3v) is 3.58. The number of quaternary nitrogens is 1. The van der Waals surface area contributed by atoms with Gasteiger partial charge in [-0.1, -0.05) is 0 Å². The Bertz CT molecular complexity index is 451. The molecule has 1 aliphatic heterocycles. The lowest BCUT2D eigenvalue weighted by Gasteiger charge is -2.45. The molecule has 0 spiro atoms. The SMILES string of the molecule is CC(=O)N[C@@H]1[C@@H](O)[C@@H](O)[C@@H](CO)O[C@@H]1C(F)(F)C[C@H]([NH3+])C(=O)O. The number of aliphatic hydroxyl groups is 3. The lowest BCUT2D eigenvalue weighted by Crippen LogP contribution is -2.71. The first-order valence-electron chi connectivity index (χ1n) is 6.84. The summed E-state index contributed by atoms with van der Waals surface area (Å²) >= 11 is 0. The number of aliphatic hydroxyl groups excluding tert-OH is 3. The quantitative estimate of drug-likeness (QED) is 0.294. The summed E-state index contributed by atoms with van der Waals surface area (Å²) < 4.78 is 33.7. The van der Waals surface area contributed by atoms with Crippen LogP contribution in [0.2, 0.25) is 0 Å². The Morgan fingerprint density at radius 3 is 2.35 bits per heavy atom. The zero-order chi connectivity index (χ0) is 17.9. The van der Waals surface area contributed by atoms with Gasteiger partial charge in [0.2, 0.25) is 5.91 Å². The van der Waals surface area contributed by atoms with Crippen LogP contribution in [0, 0.1) is 0 Å². The maximum Gasteiger partial charge on any atom is 0.362 e. The van der Waals surface area contributed by atoms with Crippen LogP contribution in [-0.4, -0.2) is 81.3 Å². The Morgan fingerprint density at radius 1 is 1.35 bits per heavy atom. The predicted octanol–water partition coefficient (Wildman–Crippen LogP) is -3.31. The summed E-state index contributed by atoms with van der Waals surface area (Å²) in [5.41, 5.74) is 3.09.